The van der Waals surface area contributed by atoms with E-state index in [1.807, 2.05) is 6.07 Å². The van der Waals surface area contributed by atoms with Crippen LogP contribution in [0.5, 0.6) is 11.6 Å². The number of aromatic nitrogens is 2. The minimum Gasteiger partial charge on any atom is -0.437 e. The first-order chi connectivity index (χ1) is 7.79. The molecule has 78 valence electrons. The molecule has 0 saturated heterocycles. The number of hydrogen-bond donors (Lipinski definition) is 0. The Hall–Kier alpha value is -2.48. The van der Waals surface area contributed by atoms with Crippen LogP contribution in [0.4, 0.5) is 4.39 Å². The second-order valence-electron chi connectivity index (χ2n) is 2.92. The van der Waals surface area contributed by atoms with E-state index in [0.29, 0.717) is 5.75 Å². The average molecular weight is 215 g/mol. The van der Waals surface area contributed by atoms with E-state index in [4.69, 9.17) is 10.00 Å². The van der Waals surface area contributed by atoms with Gasteiger partial charge in [-0.05, 0) is 30.3 Å². The van der Waals surface area contributed by atoms with E-state index in [9.17, 15) is 4.39 Å². The molecule has 2 rings (SSSR count). The Balaban J connectivity index is 2.27. The molecule has 0 fully saturated rings. The third kappa shape index (κ3) is 2.12. The van der Waals surface area contributed by atoms with Crippen molar-refractivity contribution in [3.05, 3.63) is 47.9 Å². The van der Waals surface area contributed by atoms with E-state index in [-0.39, 0.29) is 17.3 Å². The number of nitriles is 1. The molecule has 0 bridgehead atoms. The molecule has 0 amide bonds. The van der Waals surface area contributed by atoms with Gasteiger partial charge in [0.05, 0.1) is 6.20 Å². The lowest BCUT2D eigenvalue weighted by Gasteiger charge is -2.04. The average Bonchev–Trinajstić information content (AvgIpc) is 2.33. The summed E-state index contributed by atoms with van der Waals surface area (Å²) in [7, 11) is 0. The zero-order valence-corrected chi connectivity index (χ0v) is 8.09. The Labute approximate surface area is 90.9 Å². The Morgan fingerprint density at radius 1 is 1.19 bits per heavy atom. The minimum atomic E-state index is -0.355. The number of ether oxygens (including phenoxy) is 1. The molecule has 0 atom stereocenters. The van der Waals surface area contributed by atoms with Crippen LogP contribution in [-0.4, -0.2) is 10.2 Å². The van der Waals surface area contributed by atoms with Gasteiger partial charge in [-0.1, -0.05) is 0 Å². The Bertz CT molecular complexity index is 534. The largest absolute Gasteiger partial charge is 0.437 e. The second-order valence-corrected chi connectivity index (χ2v) is 2.92. The van der Waals surface area contributed by atoms with Crippen molar-refractivity contribution >= 4 is 0 Å². The number of hydrogen-bond acceptors (Lipinski definition) is 4. The first-order valence-electron chi connectivity index (χ1n) is 4.45. The van der Waals surface area contributed by atoms with Gasteiger partial charge in [-0.2, -0.15) is 10.4 Å². The summed E-state index contributed by atoms with van der Waals surface area (Å²) in [5.41, 5.74) is 0.277. The molecule has 1 heterocycles. The molecule has 16 heavy (non-hydrogen) atoms. The van der Waals surface area contributed by atoms with Crippen molar-refractivity contribution in [2.45, 2.75) is 0 Å². The maximum absolute atomic E-state index is 12.6. The summed E-state index contributed by atoms with van der Waals surface area (Å²) in [4.78, 5) is 0. The summed E-state index contributed by atoms with van der Waals surface area (Å²) in [6, 6.07) is 8.84. The molecular weight excluding hydrogens is 209 g/mol. The third-order valence-electron chi connectivity index (χ3n) is 1.84. The molecule has 5 heteroatoms. The Morgan fingerprint density at radius 3 is 2.62 bits per heavy atom. The van der Waals surface area contributed by atoms with Crippen molar-refractivity contribution in [2.24, 2.45) is 0 Å². The van der Waals surface area contributed by atoms with Gasteiger partial charge in [-0.25, -0.2) is 4.39 Å². The number of halogens is 1. The van der Waals surface area contributed by atoms with Gasteiger partial charge in [0.25, 0.3) is 5.88 Å². The zero-order chi connectivity index (χ0) is 11.4. The molecule has 0 aliphatic heterocycles. The molecule has 0 unspecified atom stereocenters. The molecule has 0 radical (unpaired) electrons. The van der Waals surface area contributed by atoms with Crippen molar-refractivity contribution in [3.8, 4) is 17.7 Å². The number of nitrogens with zero attached hydrogens (tertiary/aromatic N) is 3. The van der Waals surface area contributed by atoms with E-state index in [2.05, 4.69) is 10.2 Å². The third-order valence-corrected chi connectivity index (χ3v) is 1.84. The molecule has 2 aromatic rings. The minimum absolute atomic E-state index is 0.108. The van der Waals surface area contributed by atoms with E-state index >= 15 is 0 Å². The van der Waals surface area contributed by atoms with Crippen molar-refractivity contribution in [2.75, 3.05) is 0 Å². The van der Waals surface area contributed by atoms with Crippen molar-refractivity contribution in [1.82, 2.24) is 10.2 Å². The smallest absolute Gasteiger partial charge is 0.256 e. The van der Waals surface area contributed by atoms with Crippen LogP contribution in [0.2, 0.25) is 0 Å². The highest BCUT2D eigenvalue weighted by atomic mass is 19.1. The van der Waals surface area contributed by atoms with Crippen LogP contribution in [0, 0.1) is 17.1 Å². The van der Waals surface area contributed by atoms with Crippen molar-refractivity contribution < 1.29 is 9.13 Å². The lowest BCUT2D eigenvalue weighted by atomic mass is 10.3. The van der Waals surface area contributed by atoms with Gasteiger partial charge in [0, 0.05) is 0 Å². The topological polar surface area (TPSA) is 58.8 Å². The zero-order valence-electron chi connectivity index (χ0n) is 8.09. The van der Waals surface area contributed by atoms with Gasteiger partial charge in [0.2, 0.25) is 0 Å². The molecule has 0 aliphatic rings. The standard InChI is InChI=1S/C11H6FN3O/c12-9-1-3-10(4-2-9)16-11-8(7-13)5-6-14-15-11/h1-6H. The van der Waals surface area contributed by atoms with Gasteiger partial charge in [-0.3, -0.25) is 0 Å². The summed E-state index contributed by atoms with van der Waals surface area (Å²) >= 11 is 0. The van der Waals surface area contributed by atoms with Gasteiger partial charge >= 0.3 is 0 Å². The summed E-state index contributed by atoms with van der Waals surface area (Å²) in [6.45, 7) is 0. The van der Waals surface area contributed by atoms with Crippen LogP contribution < -0.4 is 4.74 Å². The fourth-order valence-electron chi connectivity index (χ4n) is 1.09. The summed E-state index contributed by atoms with van der Waals surface area (Å²) in [6.07, 6.45) is 1.40. The van der Waals surface area contributed by atoms with E-state index in [1.165, 1.54) is 36.5 Å². The Kier molecular flexibility index (Phi) is 2.74. The molecule has 4 nitrogen and oxygen atoms in total. The summed E-state index contributed by atoms with van der Waals surface area (Å²) in [5, 5.41) is 16.1. The molecule has 0 saturated carbocycles. The first kappa shape index (κ1) is 10.1. The van der Waals surface area contributed by atoms with Gasteiger partial charge < -0.3 is 4.74 Å². The van der Waals surface area contributed by atoms with Crippen molar-refractivity contribution in [3.63, 3.8) is 0 Å². The fourth-order valence-corrected chi connectivity index (χ4v) is 1.09. The number of benzene rings is 1. The monoisotopic (exact) mass is 215 g/mol. The number of rotatable bonds is 2. The molecule has 1 aromatic carbocycles. The summed E-state index contributed by atoms with van der Waals surface area (Å²) in [5.74, 6) is 0.155. The van der Waals surface area contributed by atoms with Crippen LogP contribution >= 0.6 is 0 Å². The second kappa shape index (κ2) is 4.36. The predicted molar refractivity (Wildman–Crippen MR) is 53.2 cm³/mol. The van der Waals surface area contributed by atoms with Gasteiger partial charge in [0.15, 0.2) is 0 Å². The maximum atomic E-state index is 12.6. The quantitative estimate of drug-likeness (QED) is 0.771. The van der Waals surface area contributed by atoms with Gasteiger partial charge in [0.1, 0.15) is 23.2 Å². The first-order valence-corrected chi connectivity index (χ1v) is 4.45. The normalized spacial score (nSPS) is 9.50. The predicted octanol–water partition coefficient (Wildman–Crippen LogP) is 2.28. The van der Waals surface area contributed by atoms with Crippen LogP contribution in [0.15, 0.2) is 36.5 Å². The highest BCUT2D eigenvalue weighted by Crippen LogP contribution is 2.21. The summed E-state index contributed by atoms with van der Waals surface area (Å²) < 4.78 is 17.9. The SMILES string of the molecule is N#Cc1ccnnc1Oc1ccc(F)cc1. The maximum Gasteiger partial charge on any atom is 0.256 e. The molecule has 1 aromatic heterocycles. The molecule has 0 N–H and O–H groups in total. The van der Waals surface area contributed by atoms with Crippen molar-refractivity contribution in [1.29, 1.82) is 5.26 Å². The molecule has 0 spiro atoms. The van der Waals surface area contributed by atoms with Gasteiger partial charge in [-0.15, -0.1) is 5.10 Å². The molecule has 0 aliphatic carbocycles. The van der Waals surface area contributed by atoms with E-state index in [1.54, 1.807) is 0 Å². The fraction of sp³-hybridized carbons (Fsp3) is 0. The van der Waals surface area contributed by atoms with Crippen LogP contribution in [0.3, 0.4) is 0 Å². The van der Waals surface area contributed by atoms with Crippen LogP contribution in [-0.2, 0) is 0 Å². The van der Waals surface area contributed by atoms with E-state index < -0.39 is 0 Å². The highest BCUT2D eigenvalue weighted by molar-refractivity contribution is 5.38. The Morgan fingerprint density at radius 2 is 1.94 bits per heavy atom. The molecular formula is C11H6FN3O. The highest BCUT2D eigenvalue weighted by Gasteiger charge is 2.05. The van der Waals surface area contributed by atoms with E-state index in [0.717, 1.165) is 0 Å². The van der Waals surface area contributed by atoms with Crippen LogP contribution in [0.1, 0.15) is 5.56 Å². The van der Waals surface area contributed by atoms with Crippen LogP contribution in [0.25, 0.3) is 0 Å². The lowest BCUT2D eigenvalue weighted by molar-refractivity contribution is 0.452. The lowest BCUT2D eigenvalue weighted by Crippen LogP contribution is -1.93.